The van der Waals surface area contributed by atoms with E-state index in [-0.39, 0.29) is 0 Å². The summed E-state index contributed by atoms with van der Waals surface area (Å²) in [6.45, 7) is 6.31. The molecule has 0 aliphatic heterocycles. The number of anilines is 1. The van der Waals surface area contributed by atoms with E-state index in [1.807, 2.05) is 43.7 Å². The molecule has 3 aromatic rings. The van der Waals surface area contributed by atoms with E-state index in [0.717, 1.165) is 23.2 Å². The van der Waals surface area contributed by atoms with E-state index >= 15 is 0 Å². The van der Waals surface area contributed by atoms with Crippen molar-refractivity contribution in [2.24, 2.45) is 5.92 Å². The Morgan fingerprint density at radius 2 is 2.07 bits per heavy atom. The second kappa shape index (κ2) is 7.05. The van der Waals surface area contributed by atoms with E-state index in [9.17, 15) is 4.79 Å². The first-order valence-electron chi connectivity index (χ1n) is 9.28. The average molecular weight is 400 g/mol. The molecule has 2 heterocycles. The quantitative estimate of drug-likeness (QED) is 0.674. The van der Waals surface area contributed by atoms with Gasteiger partial charge in [0, 0.05) is 23.9 Å². The van der Waals surface area contributed by atoms with Crippen LogP contribution in [-0.2, 0) is 11.3 Å². The lowest BCUT2D eigenvalue weighted by atomic mass is 10.1. The molecule has 4 rings (SSSR count). The molecule has 1 aliphatic rings. The molecule has 1 amide bonds. The second-order valence-electron chi connectivity index (χ2n) is 8.07. The van der Waals surface area contributed by atoms with Crippen molar-refractivity contribution < 1.29 is 9.53 Å². The Morgan fingerprint density at radius 3 is 2.71 bits per heavy atom. The summed E-state index contributed by atoms with van der Waals surface area (Å²) in [6.07, 6.45) is 3.62. The van der Waals surface area contributed by atoms with E-state index in [1.54, 1.807) is 12.3 Å². The van der Waals surface area contributed by atoms with Gasteiger partial charge in [-0.3, -0.25) is 5.32 Å². The molecule has 2 aromatic heterocycles. The Balaban J connectivity index is 1.54. The minimum atomic E-state index is -0.566. The molecule has 1 saturated carbocycles. The molecule has 28 heavy (non-hydrogen) atoms. The molecule has 0 atom stereocenters. The van der Waals surface area contributed by atoms with E-state index in [1.165, 1.54) is 12.8 Å². The van der Waals surface area contributed by atoms with Gasteiger partial charge in [0.2, 0.25) is 0 Å². The van der Waals surface area contributed by atoms with Gasteiger partial charge >= 0.3 is 6.09 Å². The number of nitrogens with one attached hydrogen (secondary N) is 1. The molecular weight excluding hydrogens is 378 g/mol. The number of amides is 1. The molecule has 1 aliphatic carbocycles. The normalized spacial score (nSPS) is 14.3. The first-order valence-corrected chi connectivity index (χ1v) is 9.66. The molecule has 1 N–H and O–H groups in total. The molecule has 7 nitrogen and oxygen atoms in total. The van der Waals surface area contributed by atoms with Crippen molar-refractivity contribution in [3.8, 4) is 11.1 Å². The fourth-order valence-corrected chi connectivity index (χ4v) is 3.25. The summed E-state index contributed by atoms with van der Waals surface area (Å²) in [5, 5.41) is 11.7. The Labute approximate surface area is 168 Å². The maximum Gasteiger partial charge on any atom is 0.413 e. The Morgan fingerprint density at radius 1 is 1.29 bits per heavy atom. The van der Waals surface area contributed by atoms with Crippen molar-refractivity contribution in [2.45, 2.75) is 45.8 Å². The van der Waals surface area contributed by atoms with Crippen LogP contribution >= 0.6 is 11.6 Å². The number of hydrogen-bond acceptors (Lipinski definition) is 5. The molecule has 0 unspecified atom stereocenters. The van der Waals surface area contributed by atoms with Crippen LogP contribution in [-0.4, -0.2) is 31.7 Å². The molecule has 0 spiro atoms. The summed E-state index contributed by atoms with van der Waals surface area (Å²) in [5.74, 6) is 1.11. The zero-order chi connectivity index (χ0) is 19.9. The predicted octanol–water partition coefficient (Wildman–Crippen LogP) is 4.90. The molecular formula is C20H22ClN5O2. The fraction of sp³-hybridized carbons (Fsp3) is 0.400. The fourth-order valence-electron chi connectivity index (χ4n) is 2.94. The predicted molar refractivity (Wildman–Crippen MR) is 108 cm³/mol. The van der Waals surface area contributed by atoms with E-state index < -0.39 is 11.7 Å². The SMILES string of the molecule is CC(C)(C)OC(=O)Nc1ccc(-c2ccc3c(nnn3CC3CC3)c2Cl)cn1. The number of hydrogen-bond donors (Lipinski definition) is 1. The number of aromatic nitrogens is 4. The van der Waals surface area contributed by atoms with Gasteiger partial charge < -0.3 is 4.74 Å². The highest BCUT2D eigenvalue weighted by Gasteiger charge is 2.24. The van der Waals surface area contributed by atoms with Gasteiger partial charge in [-0.05, 0) is 57.7 Å². The van der Waals surface area contributed by atoms with Crippen molar-refractivity contribution >= 4 is 34.5 Å². The van der Waals surface area contributed by atoms with Crippen LogP contribution in [0.2, 0.25) is 5.02 Å². The Bertz CT molecular complexity index is 1020. The highest BCUT2D eigenvalue weighted by atomic mass is 35.5. The van der Waals surface area contributed by atoms with Gasteiger partial charge in [-0.25, -0.2) is 14.5 Å². The zero-order valence-electron chi connectivity index (χ0n) is 16.1. The summed E-state index contributed by atoms with van der Waals surface area (Å²) in [4.78, 5) is 16.1. The highest BCUT2D eigenvalue weighted by molar-refractivity contribution is 6.37. The van der Waals surface area contributed by atoms with Crippen molar-refractivity contribution in [3.63, 3.8) is 0 Å². The summed E-state index contributed by atoms with van der Waals surface area (Å²) in [5.41, 5.74) is 2.72. The van der Waals surface area contributed by atoms with Crippen LogP contribution in [0.5, 0.6) is 0 Å². The van der Waals surface area contributed by atoms with Crippen LogP contribution in [0.1, 0.15) is 33.6 Å². The third-order valence-corrected chi connectivity index (χ3v) is 4.84. The van der Waals surface area contributed by atoms with Gasteiger partial charge in [0.25, 0.3) is 0 Å². The molecule has 8 heteroatoms. The number of benzene rings is 1. The second-order valence-corrected chi connectivity index (χ2v) is 8.45. The zero-order valence-corrected chi connectivity index (χ0v) is 16.8. The Hall–Kier alpha value is -2.67. The van der Waals surface area contributed by atoms with Crippen molar-refractivity contribution in [3.05, 3.63) is 35.5 Å². The van der Waals surface area contributed by atoms with Crippen LogP contribution in [0.4, 0.5) is 10.6 Å². The van der Waals surface area contributed by atoms with Crippen LogP contribution in [0.15, 0.2) is 30.5 Å². The van der Waals surface area contributed by atoms with Crippen molar-refractivity contribution in [1.29, 1.82) is 0 Å². The van der Waals surface area contributed by atoms with Crippen molar-refractivity contribution in [1.82, 2.24) is 20.0 Å². The van der Waals surface area contributed by atoms with Gasteiger partial charge in [-0.1, -0.05) is 22.9 Å². The number of fused-ring (bicyclic) bond motifs is 1. The lowest BCUT2D eigenvalue weighted by Crippen LogP contribution is -2.27. The third-order valence-electron chi connectivity index (χ3n) is 4.46. The van der Waals surface area contributed by atoms with Gasteiger partial charge in [-0.15, -0.1) is 5.10 Å². The third kappa shape index (κ3) is 4.09. The average Bonchev–Trinajstić information content (AvgIpc) is 3.33. The summed E-state index contributed by atoms with van der Waals surface area (Å²) in [7, 11) is 0. The number of carbonyl (C=O) groups excluding carboxylic acids is 1. The summed E-state index contributed by atoms with van der Waals surface area (Å²) >= 11 is 6.61. The summed E-state index contributed by atoms with van der Waals surface area (Å²) < 4.78 is 7.15. The summed E-state index contributed by atoms with van der Waals surface area (Å²) in [6, 6.07) is 7.51. The number of halogens is 1. The number of pyridine rings is 1. The first-order chi connectivity index (χ1) is 13.3. The van der Waals surface area contributed by atoms with Crippen LogP contribution in [0.25, 0.3) is 22.2 Å². The monoisotopic (exact) mass is 399 g/mol. The molecule has 146 valence electrons. The standard InChI is InChI=1S/C20H22ClN5O2/c1-20(2,3)28-19(27)23-16-9-6-13(10-22-16)14-7-8-15-18(17(14)21)24-25-26(15)11-12-4-5-12/h6-10,12H,4-5,11H2,1-3H3,(H,22,23,27). The van der Waals surface area contributed by atoms with Gasteiger partial charge in [0.15, 0.2) is 0 Å². The topological polar surface area (TPSA) is 81.9 Å². The smallest absolute Gasteiger partial charge is 0.413 e. The minimum Gasteiger partial charge on any atom is -0.444 e. The molecule has 0 radical (unpaired) electrons. The van der Waals surface area contributed by atoms with Gasteiger partial charge in [-0.2, -0.15) is 0 Å². The molecule has 1 fully saturated rings. The molecule has 0 bridgehead atoms. The Kier molecular flexibility index (Phi) is 4.71. The number of ether oxygens (including phenoxy) is 1. The van der Waals surface area contributed by atoms with Crippen LogP contribution in [0.3, 0.4) is 0 Å². The van der Waals surface area contributed by atoms with Gasteiger partial charge in [0.05, 0.1) is 10.5 Å². The van der Waals surface area contributed by atoms with Crippen LogP contribution in [0, 0.1) is 5.92 Å². The molecule has 0 saturated heterocycles. The van der Waals surface area contributed by atoms with Crippen LogP contribution < -0.4 is 5.32 Å². The molecule has 1 aromatic carbocycles. The number of nitrogens with zero attached hydrogens (tertiary/aromatic N) is 4. The maximum atomic E-state index is 11.9. The minimum absolute atomic E-state index is 0.408. The van der Waals surface area contributed by atoms with E-state index in [0.29, 0.717) is 22.3 Å². The van der Waals surface area contributed by atoms with Gasteiger partial charge in [0.1, 0.15) is 16.9 Å². The van der Waals surface area contributed by atoms with Crippen molar-refractivity contribution in [2.75, 3.05) is 5.32 Å². The van der Waals surface area contributed by atoms with E-state index in [2.05, 4.69) is 20.6 Å². The maximum absolute atomic E-state index is 11.9. The van der Waals surface area contributed by atoms with E-state index in [4.69, 9.17) is 16.3 Å². The highest BCUT2D eigenvalue weighted by Crippen LogP contribution is 2.35. The lowest BCUT2D eigenvalue weighted by molar-refractivity contribution is 0.0635. The largest absolute Gasteiger partial charge is 0.444 e. The number of carbonyl (C=O) groups is 1. The first kappa shape index (κ1) is 18.7. The lowest BCUT2D eigenvalue weighted by Gasteiger charge is -2.19. The number of rotatable bonds is 4.